The highest BCUT2D eigenvalue weighted by Gasteiger charge is 2.71. The van der Waals surface area contributed by atoms with Gasteiger partial charge in [-0.25, -0.2) is 0 Å². The van der Waals surface area contributed by atoms with E-state index in [-0.39, 0.29) is 11.5 Å². The van der Waals surface area contributed by atoms with E-state index in [9.17, 15) is 10.2 Å². The van der Waals surface area contributed by atoms with Gasteiger partial charge in [0.15, 0.2) is 0 Å². The zero-order valence-corrected chi connectivity index (χ0v) is 24.8. The van der Waals surface area contributed by atoms with Crippen molar-refractivity contribution < 1.29 is 14.9 Å². The first-order valence-corrected chi connectivity index (χ1v) is 14.9. The van der Waals surface area contributed by atoms with Crippen molar-refractivity contribution in [3.63, 3.8) is 0 Å². The number of aliphatic hydroxyl groups excluding tert-OH is 2. The van der Waals surface area contributed by atoms with Crippen LogP contribution in [0.15, 0.2) is 0 Å². The van der Waals surface area contributed by atoms with Gasteiger partial charge in [0.05, 0.1) is 17.8 Å². The molecule has 2 N–H and O–H groups in total. The van der Waals surface area contributed by atoms with Crippen LogP contribution < -0.4 is 0 Å². The van der Waals surface area contributed by atoms with Gasteiger partial charge in [-0.3, -0.25) is 0 Å². The van der Waals surface area contributed by atoms with Crippen LogP contribution in [0.5, 0.6) is 0 Å². The maximum Gasteiger partial charge on any atom is 0.0880 e. The minimum Gasteiger partial charge on any atom is -0.393 e. The van der Waals surface area contributed by atoms with E-state index in [1.165, 1.54) is 44.9 Å². The first-order valence-electron chi connectivity index (χ1n) is 14.9. The lowest BCUT2D eigenvalue weighted by molar-refractivity contribution is -0.244. The molecule has 10 atom stereocenters. The van der Waals surface area contributed by atoms with Crippen molar-refractivity contribution in [1.82, 2.24) is 0 Å². The summed E-state index contributed by atoms with van der Waals surface area (Å²) in [5.74, 6) is 2.76. The molecule has 4 aliphatic rings. The molecule has 0 amide bonds. The fourth-order valence-corrected chi connectivity index (χ4v) is 11.0. The molecule has 4 rings (SSSR count). The average Bonchev–Trinajstić information content (AvgIpc) is 3.07. The predicted molar refractivity (Wildman–Crippen MR) is 145 cm³/mol. The summed E-state index contributed by atoms with van der Waals surface area (Å²) in [4.78, 5) is 0. The third-order valence-corrected chi connectivity index (χ3v) is 14.2. The zero-order chi connectivity index (χ0) is 26.2. The lowest BCUT2D eigenvalue weighted by Crippen LogP contribution is -2.66. The molecule has 4 aliphatic carbocycles. The summed E-state index contributed by atoms with van der Waals surface area (Å²) in [6.07, 6.45) is 11.5. The number of hydrogen-bond acceptors (Lipinski definition) is 3. The van der Waals surface area contributed by atoms with Gasteiger partial charge in [-0.1, -0.05) is 48.5 Å². The Morgan fingerprint density at radius 1 is 0.771 bits per heavy atom. The molecule has 0 bridgehead atoms. The van der Waals surface area contributed by atoms with E-state index in [1.54, 1.807) is 7.11 Å². The summed E-state index contributed by atoms with van der Waals surface area (Å²) in [6, 6.07) is 0. The van der Waals surface area contributed by atoms with Gasteiger partial charge in [0.2, 0.25) is 0 Å². The molecule has 0 aliphatic heterocycles. The SMILES string of the molecule is COC(C)(C)[C@@H](O)CC[C@@H](C)[C@H]1CC[C@@]2(C)[C@@H]3CC[C@H]4C(C)(C)[C@@H](O)CC[C@]4(C)[C@]3(C)CC[C@]12C. The van der Waals surface area contributed by atoms with Gasteiger partial charge in [-0.15, -0.1) is 0 Å². The molecule has 4 saturated carbocycles. The van der Waals surface area contributed by atoms with Gasteiger partial charge in [-0.05, 0) is 129 Å². The third kappa shape index (κ3) is 3.75. The largest absolute Gasteiger partial charge is 0.393 e. The van der Waals surface area contributed by atoms with Crippen LogP contribution in [0.25, 0.3) is 0 Å². The Bertz CT molecular complexity index is 790. The van der Waals surface area contributed by atoms with Crippen LogP contribution >= 0.6 is 0 Å². The number of hydrogen-bond donors (Lipinski definition) is 2. The van der Waals surface area contributed by atoms with Gasteiger partial charge in [0, 0.05) is 7.11 Å². The zero-order valence-electron chi connectivity index (χ0n) is 24.8. The molecule has 35 heavy (non-hydrogen) atoms. The third-order valence-electron chi connectivity index (χ3n) is 14.2. The molecule has 0 aromatic carbocycles. The van der Waals surface area contributed by atoms with Crippen molar-refractivity contribution >= 4 is 0 Å². The number of rotatable bonds is 6. The Morgan fingerprint density at radius 3 is 1.91 bits per heavy atom. The van der Waals surface area contributed by atoms with Crippen molar-refractivity contribution in [2.24, 2.45) is 50.7 Å². The van der Waals surface area contributed by atoms with Crippen molar-refractivity contribution in [1.29, 1.82) is 0 Å². The topological polar surface area (TPSA) is 49.7 Å². The van der Waals surface area contributed by atoms with Crippen molar-refractivity contribution in [2.45, 2.75) is 144 Å². The molecule has 0 radical (unpaired) electrons. The first kappa shape index (κ1) is 27.9. The predicted octanol–water partition coefficient (Wildman–Crippen LogP) is 7.62. The Morgan fingerprint density at radius 2 is 1.29 bits per heavy atom. The van der Waals surface area contributed by atoms with E-state index >= 15 is 0 Å². The van der Waals surface area contributed by atoms with E-state index in [4.69, 9.17) is 4.74 Å². The van der Waals surface area contributed by atoms with E-state index in [1.807, 2.05) is 13.8 Å². The second-order valence-corrected chi connectivity index (χ2v) is 15.8. The monoisotopic (exact) mass is 490 g/mol. The van der Waals surface area contributed by atoms with Gasteiger partial charge in [-0.2, -0.15) is 0 Å². The fraction of sp³-hybridized carbons (Fsp3) is 1.00. The number of methoxy groups -OCH3 is 1. The number of fused-ring (bicyclic) bond motifs is 5. The van der Waals surface area contributed by atoms with Gasteiger partial charge >= 0.3 is 0 Å². The van der Waals surface area contributed by atoms with Crippen LogP contribution in [-0.4, -0.2) is 35.1 Å². The quantitative estimate of drug-likeness (QED) is 0.402. The molecule has 204 valence electrons. The highest BCUT2D eigenvalue weighted by atomic mass is 16.5. The minimum absolute atomic E-state index is 0.0200. The molecule has 3 nitrogen and oxygen atoms in total. The summed E-state index contributed by atoms with van der Waals surface area (Å²) in [7, 11) is 1.71. The van der Waals surface area contributed by atoms with Crippen LogP contribution in [0, 0.1) is 50.7 Å². The maximum absolute atomic E-state index is 10.9. The first-order chi connectivity index (χ1) is 16.0. The second kappa shape index (κ2) is 8.70. The van der Waals surface area contributed by atoms with E-state index in [0.29, 0.717) is 33.5 Å². The lowest BCUT2D eigenvalue weighted by Gasteiger charge is -2.72. The van der Waals surface area contributed by atoms with Crippen molar-refractivity contribution in [3.8, 4) is 0 Å². The molecule has 0 unspecified atom stereocenters. The Balaban J connectivity index is 1.57. The summed E-state index contributed by atoms with van der Waals surface area (Å²) in [6.45, 7) is 21.8. The Labute approximate surface area is 217 Å². The second-order valence-electron chi connectivity index (χ2n) is 15.8. The Hall–Kier alpha value is -0.120. The van der Waals surface area contributed by atoms with Crippen LogP contribution in [0.3, 0.4) is 0 Å². The number of aliphatic hydroxyl groups is 2. The van der Waals surface area contributed by atoms with E-state index in [2.05, 4.69) is 48.5 Å². The molecule has 0 aromatic rings. The van der Waals surface area contributed by atoms with Gasteiger partial charge < -0.3 is 14.9 Å². The average molecular weight is 491 g/mol. The van der Waals surface area contributed by atoms with Crippen LogP contribution in [0.4, 0.5) is 0 Å². The van der Waals surface area contributed by atoms with Crippen molar-refractivity contribution in [2.75, 3.05) is 7.11 Å². The van der Waals surface area contributed by atoms with E-state index in [0.717, 1.165) is 31.1 Å². The highest BCUT2D eigenvalue weighted by Crippen LogP contribution is 2.78. The van der Waals surface area contributed by atoms with Crippen LogP contribution in [0.1, 0.15) is 127 Å². The summed E-state index contributed by atoms with van der Waals surface area (Å²) >= 11 is 0. The fourth-order valence-electron chi connectivity index (χ4n) is 11.0. The molecule has 0 saturated heterocycles. The molecule has 0 aromatic heterocycles. The minimum atomic E-state index is -0.476. The molecular formula is C32H58O3. The molecule has 3 heteroatoms. The smallest absolute Gasteiger partial charge is 0.0880 e. The normalized spacial score (nSPS) is 49.0. The van der Waals surface area contributed by atoms with Crippen molar-refractivity contribution in [3.05, 3.63) is 0 Å². The summed E-state index contributed by atoms with van der Waals surface area (Å²) in [5, 5.41) is 21.7. The van der Waals surface area contributed by atoms with E-state index < -0.39 is 11.7 Å². The molecule has 0 spiro atoms. The molecule has 0 heterocycles. The van der Waals surface area contributed by atoms with Crippen LogP contribution in [-0.2, 0) is 4.74 Å². The molecule has 4 fully saturated rings. The maximum atomic E-state index is 10.9. The van der Waals surface area contributed by atoms with Gasteiger partial charge in [0.25, 0.3) is 0 Å². The van der Waals surface area contributed by atoms with Crippen LogP contribution in [0.2, 0.25) is 0 Å². The van der Waals surface area contributed by atoms with Gasteiger partial charge in [0.1, 0.15) is 0 Å². The summed E-state index contributed by atoms with van der Waals surface area (Å²) in [5.41, 5.74) is 0.992. The molecular weight excluding hydrogens is 432 g/mol. The summed E-state index contributed by atoms with van der Waals surface area (Å²) < 4.78 is 5.56. The highest BCUT2D eigenvalue weighted by molar-refractivity contribution is 5.20. The lowest BCUT2D eigenvalue weighted by atomic mass is 9.33. The standard InChI is InChI=1S/C32H58O3/c1-21(11-14-26(34)28(4,5)35-10)22-15-17-31(8)24-13-12-23-27(2,3)25(33)16-18-30(23,7)32(24,9)20-19-29(22,31)6/h21-26,33-34H,11-20H2,1-10H3/t21-,22-,23+,24+,25+,26+,29-,30+,31+,32-/m1/s1. The number of ether oxygens (including phenoxy) is 1. The Kier molecular flexibility index (Phi) is 6.94.